The van der Waals surface area contributed by atoms with Crippen molar-refractivity contribution >= 4 is 39.1 Å². The molecule has 0 aliphatic heterocycles. The molecule has 0 aromatic carbocycles. The predicted octanol–water partition coefficient (Wildman–Crippen LogP) is 3.75. The smallest absolute Gasteiger partial charge is 0.0886 e. The van der Waals surface area contributed by atoms with E-state index >= 15 is 0 Å². The summed E-state index contributed by atoms with van der Waals surface area (Å²) in [5, 5.41) is 0. The molecule has 1 unspecified atom stereocenters. The molecule has 0 aromatic heterocycles. The average molecular weight is 234 g/mol. The molecule has 0 fully saturated rings. The van der Waals surface area contributed by atoms with Crippen molar-refractivity contribution in [2.45, 2.75) is 30.0 Å². The standard InChI is InChI=1S/C6H11BrCl2/c7-6(9)4-2-1-3-5-8/h6H,1-5H2. The molecular weight excluding hydrogens is 223 g/mol. The van der Waals surface area contributed by atoms with Crippen molar-refractivity contribution in [1.29, 1.82) is 0 Å². The van der Waals surface area contributed by atoms with E-state index in [9.17, 15) is 0 Å². The minimum Gasteiger partial charge on any atom is -0.127 e. The van der Waals surface area contributed by atoms with Crippen LogP contribution in [-0.4, -0.2) is 10.2 Å². The number of alkyl halides is 3. The van der Waals surface area contributed by atoms with Crippen molar-refractivity contribution in [3.8, 4) is 0 Å². The fourth-order valence-corrected chi connectivity index (χ4v) is 1.24. The molecule has 56 valence electrons. The van der Waals surface area contributed by atoms with Gasteiger partial charge in [0.05, 0.1) is 4.29 Å². The van der Waals surface area contributed by atoms with E-state index < -0.39 is 0 Å². The third kappa shape index (κ3) is 9.06. The van der Waals surface area contributed by atoms with Gasteiger partial charge in [0.2, 0.25) is 0 Å². The third-order valence-corrected chi connectivity index (χ3v) is 2.00. The minimum atomic E-state index is 0.146. The van der Waals surface area contributed by atoms with Crippen LogP contribution in [0.3, 0.4) is 0 Å². The number of hydrogen-bond acceptors (Lipinski definition) is 0. The summed E-state index contributed by atoms with van der Waals surface area (Å²) in [4.78, 5) is 0. The zero-order valence-corrected chi connectivity index (χ0v) is 8.34. The summed E-state index contributed by atoms with van der Waals surface area (Å²) in [6, 6.07) is 0. The van der Waals surface area contributed by atoms with E-state index in [2.05, 4.69) is 15.9 Å². The number of halogens is 3. The van der Waals surface area contributed by atoms with Crippen molar-refractivity contribution < 1.29 is 0 Å². The van der Waals surface area contributed by atoms with Gasteiger partial charge in [0.15, 0.2) is 0 Å². The first-order valence-corrected chi connectivity index (χ1v) is 5.00. The maximum atomic E-state index is 5.64. The van der Waals surface area contributed by atoms with Gasteiger partial charge in [-0.3, -0.25) is 0 Å². The van der Waals surface area contributed by atoms with E-state index in [0.29, 0.717) is 0 Å². The largest absolute Gasteiger partial charge is 0.127 e. The molecule has 0 nitrogen and oxygen atoms in total. The number of hydrogen-bond donors (Lipinski definition) is 0. The Bertz CT molecular complexity index is 57.0. The molecule has 0 bridgehead atoms. The van der Waals surface area contributed by atoms with Gasteiger partial charge in [-0.25, -0.2) is 0 Å². The molecule has 0 rings (SSSR count). The average Bonchev–Trinajstić information content (AvgIpc) is 1.80. The maximum absolute atomic E-state index is 5.64. The first kappa shape index (κ1) is 10.1. The van der Waals surface area contributed by atoms with Gasteiger partial charge in [-0.2, -0.15) is 0 Å². The lowest BCUT2D eigenvalue weighted by Gasteiger charge is -1.98. The van der Waals surface area contributed by atoms with Crippen LogP contribution in [0.15, 0.2) is 0 Å². The predicted molar refractivity (Wildman–Crippen MR) is 47.8 cm³/mol. The van der Waals surface area contributed by atoms with E-state index in [1.807, 2.05) is 0 Å². The second-order valence-corrected chi connectivity index (χ2v) is 4.47. The minimum absolute atomic E-state index is 0.146. The molecule has 0 saturated carbocycles. The summed E-state index contributed by atoms with van der Waals surface area (Å²) < 4.78 is 0.146. The highest BCUT2D eigenvalue weighted by atomic mass is 79.9. The molecular formula is C6H11BrCl2. The monoisotopic (exact) mass is 232 g/mol. The molecule has 9 heavy (non-hydrogen) atoms. The Morgan fingerprint density at radius 1 is 1.22 bits per heavy atom. The lowest BCUT2D eigenvalue weighted by molar-refractivity contribution is 0.700. The van der Waals surface area contributed by atoms with Gasteiger partial charge in [-0.05, 0) is 12.8 Å². The zero-order valence-electron chi connectivity index (χ0n) is 5.25. The lowest BCUT2D eigenvalue weighted by atomic mass is 10.2. The summed E-state index contributed by atoms with van der Waals surface area (Å²) in [5.74, 6) is 0.773. The van der Waals surface area contributed by atoms with E-state index in [0.717, 1.165) is 18.7 Å². The van der Waals surface area contributed by atoms with E-state index in [-0.39, 0.29) is 4.29 Å². The Morgan fingerprint density at radius 3 is 2.33 bits per heavy atom. The quantitative estimate of drug-likeness (QED) is 0.502. The summed E-state index contributed by atoms with van der Waals surface area (Å²) in [6.07, 6.45) is 4.51. The molecule has 0 spiro atoms. The molecule has 0 N–H and O–H groups in total. The van der Waals surface area contributed by atoms with Crippen LogP contribution in [0.2, 0.25) is 0 Å². The summed E-state index contributed by atoms with van der Waals surface area (Å²) in [7, 11) is 0. The Morgan fingerprint density at radius 2 is 1.89 bits per heavy atom. The molecule has 0 aromatic rings. The lowest BCUT2D eigenvalue weighted by Crippen LogP contribution is -1.85. The highest BCUT2D eigenvalue weighted by molar-refractivity contribution is 9.10. The fourth-order valence-electron chi connectivity index (χ4n) is 0.570. The zero-order chi connectivity index (χ0) is 7.11. The molecule has 0 aliphatic carbocycles. The van der Waals surface area contributed by atoms with Crippen LogP contribution in [0.25, 0.3) is 0 Å². The van der Waals surface area contributed by atoms with Crippen LogP contribution >= 0.6 is 39.1 Å². The Labute approximate surface area is 75.0 Å². The maximum Gasteiger partial charge on any atom is 0.0886 e. The Balaban J connectivity index is 2.75. The van der Waals surface area contributed by atoms with Crippen molar-refractivity contribution in [3.05, 3.63) is 0 Å². The van der Waals surface area contributed by atoms with Crippen LogP contribution in [0.4, 0.5) is 0 Å². The normalized spacial score (nSPS) is 13.7. The topological polar surface area (TPSA) is 0 Å². The molecule has 0 amide bonds. The van der Waals surface area contributed by atoms with Gasteiger partial charge in [0.25, 0.3) is 0 Å². The van der Waals surface area contributed by atoms with Crippen LogP contribution in [0.5, 0.6) is 0 Å². The van der Waals surface area contributed by atoms with Crippen molar-refractivity contribution in [2.75, 3.05) is 5.88 Å². The van der Waals surface area contributed by atoms with Crippen LogP contribution in [0.1, 0.15) is 25.7 Å². The van der Waals surface area contributed by atoms with E-state index in [1.54, 1.807) is 0 Å². The highest BCUT2D eigenvalue weighted by Gasteiger charge is 1.95. The third-order valence-electron chi connectivity index (χ3n) is 1.06. The van der Waals surface area contributed by atoms with Gasteiger partial charge in [-0.1, -0.05) is 28.8 Å². The SMILES string of the molecule is ClCCCCCC(Cl)Br. The first-order valence-electron chi connectivity index (χ1n) is 3.11. The molecule has 3 heteroatoms. The number of unbranched alkanes of at least 4 members (excludes halogenated alkanes) is 2. The highest BCUT2D eigenvalue weighted by Crippen LogP contribution is 2.14. The molecule has 0 heterocycles. The van der Waals surface area contributed by atoms with Gasteiger partial charge in [0, 0.05) is 5.88 Å². The summed E-state index contributed by atoms with van der Waals surface area (Å²) in [5.41, 5.74) is 0. The Hall–Kier alpha value is 1.06. The molecule has 0 saturated heterocycles. The van der Waals surface area contributed by atoms with Crippen molar-refractivity contribution in [2.24, 2.45) is 0 Å². The fraction of sp³-hybridized carbons (Fsp3) is 1.00. The number of rotatable bonds is 5. The van der Waals surface area contributed by atoms with Crippen LogP contribution < -0.4 is 0 Å². The summed E-state index contributed by atoms with van der Waals surface area (Å²) in [6.45, 7) is 0. The Kier molecular flexibility index (Phi) is 8.01. The first-order chi connectivity index (χ1) is 4.27. The van der Waals surface area contributed by atoms with Crippen molar-refractivity contribution in [3.63, 3.8) is 0 Å². The second-order valence-electron chi connectivity index (χ2n) is 1.93. The van der Waals surface area contributed by atoms with E-state index in [4.69, 9.17) is 23.2 Å². The second kappa shape index (κ2) is 7.17. The van der Waals surface area contributed by atoms with E-state index in [1.165, 1.54) is 12.8 Å². The summed E-state index contributed by atoms with van der Waals surface area (Å²) >= 11 is 14.4. The van der Waals surface area contributed by atoms with Gasteiger partial charge >= 0.3 is 0 Å². The van der Waals surface area contributed by atoms with Crippen molar-refractivity contribution in [1.82, 2.24) is 0 Å². The van der Waals surface area contributed by atoms with Crippen LogP contribution in [-0.2, 0) is 0 Å². The van der Waals surface area contributed by atoms with Gasteiger partial charge in [-0.15, -0.1) is 23.2 Å². The molecule has 1 atom stereocenters. The van der Waals surface area contributed by atoms with Crippen LogP contribution in [0, 0.1) is 0 Å². The molecule has 0 radical (unpaired) electrons. The van der Waals surface area contributed by atoms with Gasteiger partial charge < -0.3 is 0 Å². The molecule has 0 aliphatic rings. The van der Waals surface area contributed by atoms with Gasteiger partial charge in [0.1, 0.15) is 0 Å².